The third kappa shape index (κ3) is 4.92. The summed E-state index contributed by atoms with van der Waals surface area (Å²) in [7, 11) is 0. The predicted octanol–water partition coefficient (Wildman–Crippen LogP) is 3.32. The average molecular weight is 432 g/mol. The van der Waals surface area contributed by atoms with Gasteiger partial charge in [-0.05, 0) is 43.7 Å². The SMILES string of the molecule is Cc1ccc(SCCNC(=O)CN2C(=O)NC(C)(c3ccc(Cl)cc3)C2=O)cc1. The van der Waals surface area contributed by atoms with E-state index in [-0.39, 0.29) is 12.5 Å². The molecule has 0 bridgehead atoms. The fraction of sp³-hybridized carbons (Fsp3) is 0.286. The van der Waals surface area contributed by atoms with Gasteiger partial charge in [0.05, 0.1) is 0 Å². The number of rotatable bonds is 7. The maximum Gasteiger partial charge on any atom is 0.325 e. The molecule has 1 atom stereocenters. The Bertz CT molecular complexity index is 918. The second kappa shape index (κ2) is 8.88. The number of nitrogens with one attached hydrogen (secondary N) is 2. The number of aryl methyl sites for hydroxylation is 1. The van der Waals surface area contributed by atoms with Crippen LogP contribution in [0.2, 0.25) is 5.02 Å². The summed E-state index contributed by atoms with van der Waals surface area (Å²) in [6.45, 7) is 3.77. The average Bonchev–Trinajstić information content (AvgIpc) is 2.91. The number of nitrogens with zero attached hydrogens (tertiary/aromatic N) is 1. The van der Waals surface area contributed by atoms with E-state index in [2.05, 4.69) is 10.6 Å². The number of thioether (sulfide) groups is 1. The molecule has 152 valence electrons. The Morgan fingerprint density at radius 3 is 2.45 bits per heavy atom. The number of halogens is 1. The molecule has 1 unspecified atom stereocenters. The third-order valence-corrected chi connectivity index (χ3v) is 5.98. The van der Waals surface area contributed by atoms with Crippen LogP contribution in [0, 0.1) is 6.92 Å². The standard InChI is InChI=1S/C21H22ClN3O3S/c1-14-3-9-17(10-4-14)29-12-11-23-18(26)13-25-19(27)21(2,24-20(25)28)15-5-7-16(22)8-6-15/h3-10H,11-13H2,1-2H3,(H,23,26)(H,24,28). The molecule has 0 spiro atoms. The van der Waals surface area contributed by atoms with Crippen LogP contribution in [0.5, 0.6) is 0 Å². The van der Waals surface area contributed by atoms with E-state index in [1.165, 1.54) is 5.56 Å². The molecule has 0 aliphatic carbocycles. The molecule has 1 heterocycles. The fourth-order valence-corrected chi connectivity index (χ4v) is 3.91. The van der Waals surface area contributed by atoms with Crippen molar-refractivity contribution in [2.75, 3.05) is 18.8 Å². The van der Waals surface area contributed by atoms with Crippen LogP contribution in [0.4, 0.5) is 4.79 Å². The number of hydrogen-bond acceptors (Lipinski definition) is 4. The first-order valence-electron chi connectivity index (χ1n) is 9.16. The minimum absolute atomic E-state index is 0.316. The van der Waals surface area contributed by atoms with Crippen molar-refractivity contribution < 1.29 is 14.4 Å². The second-order valence-corrected chi connectivity index (χ2v) is 8.57. The number of carbonyl (C=O) groups is 3. The lowest BCUT2D eigenvalue weighted by molar-refractivity contribution is -0.134. The van der Waals surface area contributed by atoms with Crippen molar-refractivity contribution in [2.45, 2.75) is 24.3 Å². The monoisotopic (exact) mass is 431 g/mol. The van der Waals surface area contributed by atoms with Crippen LogP contribution in [0.3, 0.4) is 0 Å². The predicted molar refractivity (Wildman–Crippen MR) is 114 cm³/mol. The molecule has 0 radical (unpaired) electrons. The smallest absolute Gasteiger partial charge is 0.325 e. The van der Waals surface area contributed by atoms with E-state index in [1.54, 1.807) is 43.0 Å². The van der Waals surface area contributed by atoms with Gasteiger partial charge in [0, 0.05) is 22.2 Å². The van der Waals surface area contributed by atoms with E-state index in [0.29, 0.717) is 22.9 Å². The van der Waals surface area contributed by atoms with E-state index in [1.807, 2.05) is 31.2 Å². The summed E-state index contributed by atoms with van der Waals surface area (Å²) < 4.78 is 0. The van der Waals surface area contributed by atoms with Gasteiger partial charge in [0.25, 0.3) is 5.91 Å². The molecule has 1 fully saturated rings. The van der Waals surface area contributed by atoms with Gasteiger partial charge >= 0.3 is 6.03 Å². The van der Waals surface area contributed by atoms with Crippen LogP contribution in [-0.4, -0.2) is 41.6 Å². The van der Waals surface area contributed by atoms with Crippen molar-refractivity contribution in [1.29, 1.82) is 0 Å². The zero-order valence-corrected chi connectivity index (χ0v) is 17.8. The maximum absolute atomic E-state index is 12.8. The van der Waals surface area contributed by atoms with Crippen molar-refractivity contribution in [2.24, 2.45) is 0 Å². The minimum atomic E-state index is -1.22. The third-order valence-electron chi connectivity index (χ3n) is 4.71. The zero-order valence-electron chi connectivity index (χ0n) is 16.2. The topological polar surface area (TPSA) is 78.5 Å². The molecule has 1 aliphatic heterocycles. The van der Waals surface area contributed by atoms with Gasteiger partial charge in [-0.15, -0.1) is 11.8 Å². The van der Waals surface area contributed by atoms with Crippen molar-refractivity contribution >= 4 is 41.2 Å². The lowest BCUT2D eigenvalue weighted by atomic mass is 9.92. The normalized spacial score (nSPS) is 18.7. The molecular weight excluding hydrogens is 410 g/mol. The highest BCUT2D eigenvalue weighted by Gasteiger charge is 2.49. The number of amides is 4. The molecule has 4 amide bonds. The van der Waals surface area contributed by atoms with Crippen LogP contribution in [0.15, 0.2) is 53.4 Å². The zero-order chi connectivity index (χ0) is 21.0. The van der Waals surface area contributed by atoms with Crippen LogP contribution in [0.25, 0.3) is 0 Å². The summed E-state index contributed by atoms with van der Waals surface area (Å²) in [5, 5.41) is 5.97. The number of benzene rings is 2. The van der Waals surface area contributed by atoms with Gasteiger partial charge in [-0.3, -0.25) is 14.5 Å². The quantitative estimate of drug-likeness (QED) is 0.400. The molecule has 0 aromatic heterocycles. The van der Waals surface area contributed by atoms with Crippen molar-refractivity contribution in [3.8, 4) is 0 Å². The lowest BCUT2D eigenvalue weighted by Gasteiger charge is -2.22. The number of carbonyl (C=O) groups excluding carboxylic acids is 3. The number of hydrogen-bond donors (Lipinski definition) is 2. The molecule has 2 aromatic rings. The highest BCUT2D eigenvalue weighted by molar-refractivity contribution is 7.99. The van der Waals surface area contributed by atoms with E-state index >= 15 is 0 Å². The van der Waals surface area contributed by atoms with E-state index < -0.39 is 17.5 Å². The van der Waals surface area contributed by atoms with Gasteiger partial charge in [-0.2, -0.15) is 0 Å². The molecule has 3 rings (SSSR count). The van der Waals surface area contributed by atoms with Gasteiger partial charge in [0.1, 0.15) is 12.1 Å². The van der Waals surface area contributed by atoms with Gasteiger partial charge in [-0.1, -0.05) is 41.4 Å². The maximum atomic E-state index is 12.8. The van der Waals surface area contributed by atoms with Gasteiger partial charge < -0.3 is 10.6 Å². The Labute approximate surface area is 179 Å². The molecule has 1 saturated heterocycles. The van der Waals surface area contributed by atoms with Crippen molar-refractivity contribution in [1.82, 2.24) is 15.5 Å². The van der Waals surface area contributed by atoms with Crippen LogP contribution < -0.4 is 10.6 Å². The van der Waals surface area contributed by atoms with E-state index in [4.69, 9.17) is 11.6 Å². The summed E-state index contributed by atoms with van der Waals surface area (Å²) >= 11 is 7.52. The Balaban J connectivity index is 1.52. The second-order valence-electron chi connectivity index (χ2n) is 6.96. The first-order chi connectivity index (χ1) is 13.8. The number of urea groups is 1. The largest absolute Gasteiger partial charge is 0.354 e. The first kappa shape index (κ1) is 21.2. The molecule has 2 aromatic carbocycles. The van der Waals surface area contributed by atoms with Crippen LogP contribution in [0.1, 0.15) is 18.1 Å². The van der Waals surface area contributed by atoms with Crippen molar-refractivity contribution in [3.63, 3.8) is 0 Å². The summed E-state index contributed by atoms with van der Waals surface area (Å²) in [4.78, 5) is 39.4. The Kier molecular flexibility index (Phi) is 6.49. The Morgan fingerprint density at radius 2 is 1.79 bits per heavy atom. The Hall–Kier alpha value is -2.51. The summed E-state index contributed by atoms with van der Waals surface area (Å²) in [5.74, 6) is -0.149. The van der Waals surface area contributed by atoms with Gasteiger partial charge in [0.15, 0.2) is 0 Å². The molecular formula is C21H22ClN3O3S. The summed E-state index contributed by atoms with van der Waals surface area (Å²) in [6.07, 6.45) is 0. The molecule has 1 aliphatic rings. The highest BCUT2D eigenvalue weighted by Crippen LogP contribution is 2.29. The summed E-state index contributed by atoms with van der Waals surface area (Å²) in [5.41, 5.74) is 0.586. The van der Waals surface area contributed by atoms with Crippen LogP contribution >= 0.6 is 23.4 Å². The minimum Gasteiger partial charge on any atom is -0.354 e. The van der Waals surface area contributed by atoms with Gasteiger partial charge in [-0.25, -0.2) is 4.79 Å². The first-order valence-corrected chi connectivity index (χ1v) is 10.5. The number of imide groups is 1. The Morgan fingerprint density at radius 1 is 1.14 bits per heavy atom. The van der Waals surface area contributed by atoms with Gasteiger partial charge in [0.2, 0.25) is 5.91 Å². The molecule has 8 heteroatoms. The highest BCUT2D eigenvalue weighted by atomic mass is 35.5. The lowest BCUT2D eigenvalue weighted by Crippen LogP contribution is -2.43. The summed E-state index contributed by atoms with van der Waals surface area (Å²) in [6, 6.07) is 14.2. The van der Waals surface area contributed by atoms with Crippen LogP contribution in [-0.2, 0) is 15.1 Å². The van der Waals surface area contributed by atoms with E-state index in [0.717, 1.165) is 9.80 Å². The molecule has 29 heavy (non-hydrogen) atoms. The molecule has 0 saturated carbocycles. The van der Waals surface area contributed by atoms with E-state index in [9.17, 15) is 14.4 Å². The fourth-order valence-electron chi connectivity index (χ4n) is 3.01. The molecule has 6 nitrogen and oxygen atoms in total. The van der Waals surface area contributed by atoms with Crippen molar-refractivity contribution in [3.05, 3.63) is 64.7 Å². The molecule has 2 N–H and O–H groups in total.